The fraction of sp³-hybridized carbons (Fsp3) is 0.476. The van der Waals surface area contributed by atoms with Gasteiger partial charge in [-0.25, -0.2) is 0 Å². The number of ether oxygens (including phenoxy) is 2. The van der Waals surface area contributed by atoms with E-state index < -0.39 is 0 Å². The summed E-state index contributed by atoms with van der Waals surface area (Å²) < 4.78 is 11.9. The van der Waals surface area contributed by atoms with Gasteiger partial charge < -0.3 is 9.47 Å². The van der Waals surface area contributed by atoms with Crippen LogP contribution >= 0.6 is 22.6 Å². The van der Waals surface area contributed by atoms with Crippen LogP contribution in [0.1, 0.15) is 18.9 Å². The topological polar surface area (TPSA) is 68.2 Å². The molecule has 2 amide bonds. The van der Waals surface area contributed by atoms with Crippen molar-refractivity contribution >= 4 is 40.6 Å². The highest BCUT2D eigenvalue weighted by molar-refractivity contribution is 14.1. The number of nitrogens with zero attached hydrogens (tertiary/aromatic N) is 2. The number of halogens is 1. The third kappa shape index (κ3) is 2.54. The van der Waals surface area contributed by atoms with Gasteiger partial charge in [-0.15, -0.1) is 0 Å². The lowest BCUT2D eigenvalue weighted by Crippen LogP contribution is -2.40. The molecule has 6 rings (SSSR count). The fourth-order valence-corrected chi connectivity index (χ4v) is 6.15. The molecule has 0 radical (unpaired) electrons. The average molecular weight is 492 g/mol. The maximum absolute atomic E-state index is 13.0. The first-order chi connectivity index (χ1) is 13.5. The monoisotopic (exact) mass is 492 g/mol. The van der Waals surface area contributed by atoms with Gasteiger partial charge in [-0.2, -0.15) is 10.1 Å². The van der Waals surface area contributed by atoms with E-state index in [-0.39, 0.29) is 35.5 Å². The number of hydrogen-bond acceptors (Lipinski definition) is 5. The molecule has 0 unspecified atom stereocenters. The highest BCUT2D eigenvalue weighted by Crippen LogP contribution is 2.65. The van der Waals surface area contributed by atoms with Crippen LogP contribution in [0.3, 0.4) is 0 Å². The van der Waals surface area contributed by atoms with Crippen LogP contribution in [-0.4, -0.2) is 36.8 Å². The van der Waals surface area contributed by atoms with E-state index in [0.717, 1.165) is 20.6 Å². The number of benzene rings is 1. The van der Waals surface area contributed by atoms with Gasteiger partial charge in [0.2, 0.25) is 0 Å². The van der Waals surface area contributed by atoms with E-state index >= 15 is 0 Å². The van der Waals surface area contributed by atoms with Gasteiger partial charge in [-0.1, -0.05) is 12.2 Å². The number of hydrazone groups is 1. The van der Waals surface area contributed by atoms with Gasteiger partial charge in [-0.3, -0.25) is 9.59 Å². The number of hydrogen-bond donors (Lipinski definition) is 0. The van der Waals surface area contributed by atoms with Crippen molar-refractivity contribution in [3.05, 3.63) is 33.4 Å². The molecule has 1 saturated heterocycles. The van der Waals surface area contributed by atoms with Crippen molar-refractivity contribution in [2.24, 2.45) is 40.6 Å². The lowest BCUT2D eigenvalue weighted by Gasteiger charge is -2.37. The minimum atomic E-state index is -0.224. The third-order valence-corrected chi connectivity index (χ3v) is 7.30. The highest BCUT2D eigenvalue weighted by atomic mass is 127. The van der Waals surface area contributed by atoms with Gasteiger partial charge in [0.15, 0.2) is 11.5 Å². The summed E-state index contributed by atoms with van der Waals surface area (Å²) in [6.45, 7) is 2.42. The van der Waals surface area contributed by atoms with Crippen molar-refractivity contribution in [2.45, 2.75) is 13.3 Å². The molecular formula is C21H21IN2O4. The number of rotatable bonds is 5. The summed E-state index contributed by atoms with van der Waals surface area (Å²) in [6.07, 6.45) is 7.05. The van der Waals surface area contributed by atoms with E-state index in [1.54, 1.807) is 13.3 Å². The Balaban J connectivity index is 1.42. The van der Waals surface area contributed by atoms with Crippen LogP contribution in [0.2, 0.25) is 0 Å². The zero-order valence-corrected chi connectivity index (χ0v) is 17.8. The number of carbonyl (C=O) groups excluding carboxylic acids is 2. The minimum absolute atomic E-state index is 0.149. The smallest absolute Gasteiger partial charge is 0.254 e. The molecule has 7 heteroatoms. The summed E-state index contributed by atoms with van der Waals surface area (Å²) >= 11 is 2.17. The molecule has 2 saturated carbocycles. The van der Waals surface area contributed by atoms with Crippen LogP contribution in [0, 0.1) is 39.1 Å². The van der Waals surface area contributed by atoms with Gasteiger partial charge in [0.1, 0.15) is 0 Å². The molecule has 5 aliphatic rings. The largest absolute Gasteiger partial charge is 0.492 e. The molecule has 6 nitrogen and oxygen atoms in total. The first-order valence-corrected chi connectivity index (χ1v) is 10.7. The van der Waals surface area contributed by atoms with Gasteiger partial charge in [0.25, 0.3) is 11.8 Å². The summed E-state index contributed by atoms with van der Waals surface area (Å²) in [5.41, 5.74) is 0.757. The first kappa shape index (κ1) is 18.1. The van der Waals surface area contributed by atoms with E-state index in [1.165, 1.54) is 0 Å². The Morgan fingerprint density at radius 2 is 1.82 bits per heavy atom. The summed E-state index contributed by atoms with van der Waals surface area (Å²) in [5.74, 6) is 2.15. The maximum atomic E-state index is 13.0. The summed E-state index contributed by atoms with van der Waals surface area (Å²) in [4.78, 5) is 25.9. The molecule has 2 bridgehead atoms. The molecular weight excluding hydrogens is 471 g/mol. The molecule has 0 aromatic heterocycles. The van der Waals surface area contributed by atoms with Crippen LogP contribution in [0.5, 0.6) is 11.5 Å². The number of methoxy groups -OCH3 is 1. The molecule has 1 aliphatic heterocycles. The van der Waals surface area contributed by atoms with Gasteiger partial charge >= 0.3 is 0 Å². The second-order valence-corrected chi connectivity index (χ2v) is 9.02. The average Bonchev–Trinajstić information content (AvgIpc) is 3.46. The maximum Gasteiger partial charge on any atom is 0.254 e. The molecule has 6 atom stereocenters. The van der Waals surface area contributed by atoms with E-state index in [1.807, 2.05) is 19.1 Å². The molecule has 28 heavy (non-hydrogen) atoms. The molecule has 146 valence electrons. The fourth-order valence-electron chi connectivity index (χ4n) is 5.30. The third-order valence-electron chi connectivity index (χ3n) is 6.50. The molecule has 4 aliphatic carbocycles. The number of imide groups is 1. The number of carbonyl (C=O) groups is 2. The highest BCUT2D eigenvalue weighted by Gasteiger charge is 2.67. The van der Waals surface area contributed by atoms with E-state index in [2.05, 4.69) is 39.8 Å². The lowest BCUT2D eigenvalue weighted by atomic mass is 9.63. The van der Waals surface area contributed by atoms with Crippen LogP contribution in [0.15, 0.2) is 29.4 Å². The predicted molar refractivity (Wildman–Crippen MR) is 111 cm³/mol. The zero-order chi connectivity index (χ0) is 19.6. The second kappa shape index (κ2) is 6.57. The molecule has 0 spiro atoms. The van der Waals surface area contributed by atoms with E-state index in [9.17, 15) is 9.59 Å². The van der Waals surface area contributed by atoms with Crippen molar-refractivity contribution in [1.82, 2.24) is 5.01 Å². The Bertz CT molecular complexity index is 891. The van der Waals surface area contributed by atoms with Crippen molar-refractivity contribution in [3.8, 4) is 11.5 Å². The minimum Gasteiger partial charge on any atom is -0.492 e. The van der Waals surface area contributed by atoms with E-state index in [0.29, 0.717) is 29.9 Å². The summed E-state index contributed by atoms with van der Waals surface area (Å²) in [5, 5.41) is 5.40. The van der Waals surface area contributed by atoms with Crippen LogP contribution in [0.4, 0.5) is 0 Å². The normalized spacial score (nSPS) is 34.8. The Kier molecular flexibility index (Phi) is 4.26. The summed E-state index contributed by atoms with van der Waals surface area (Å²) in [7, 11) is 1.60. The Morgan fingerprint density at radius 3 is 2.39 bits per heavy atom. The lowest BCUT2D eigenvalue weighted by molar-refractivity contribution is -0.140. The zero-order valence-electron chi connectivity index (χ0n) is 15.7. The summed E-state index contributed by atoms with van der Waals surface area (Å²) in [6, 6.07) is 3.70. The standard InChI is InChI=1S/C21H21IN2O4/c1-3-28-16-7-10(6-15(22)19(16)27-2)9-23-24-20(25)17-11-4-5-12(14-8-13(11)14)18(17)21(24)26/h4-7,9,11-14,17-18H,3,8H2,1-2H3/b23-9-/t11-,12-,13-,14+,17-,18+/m0/s1. The number of allylic oxidation sites excluding steroid dienone is 2. The van der Waals surface area contributed by atoms with Gasteiger partial charge in [0, 0.05) is 0 Å². The quantitative estimate of drug-likeness (QED) is 0.274. The van der Waals surface area contributed by atoms with Crippen molar-refractivity contribution in [2.75, 3.05) is 13.7 Å². The Morgan fingerprint density at radius 1 is 1.18 bits per heavy atom. The molecule has 1 aromatic rings. The molecule has 3 fully saturated rings. The van der Waals surface area contributed by atoms with Crippen molar-refractivity contribution in [1.29, 1.82) is 0 Å². The molecule has 1 heterocycles. The van der Waals surface area contributed by atoms with Crippen molar-refractivity contribution in [3.63, 3.8) is 0 Å². The number of amides is 2. The predicted octanol–water partition coefficient (Wildman–Crippen LogP) is 3.09. The van der Waals surface area contributed by atoms with Crippen molar-refractivity contribution < 1.29 is 19.1 Å². The molecule has 1 aromatic carbocycles. The van der Waals surface area contributed by atoms with Gasteiger partial charge in [-0.05, 0) is 77.3 Å². The first-order valence-electron chi connectivity index (χ1n) is 9.65. The SMILES string of the molecule is CCOc1cc(/C=N\N2C(=O)[C@@H]3[C@H]4C=C[C@@H]([C@@H]5C[C@H]45)[C@@H]3C2=O)cc(I)c1OC. The van der Waals surface area contributed by atoms with Crippen LogP contribution in [0.25, 0.3) is 0 Å². The van der Waals surface area contributed by atoms with Crippen LogP contribution < -0.4 is 9.47 Å². The Hall–Kier alpha value is -1.90. The Labute approximate surface area is 177 Å². The van der Waals surface area contributed by atoms with Gasteiger partial charge in [0.05, 0.1) is 35.3 Å². The van der Waals surface area contributed by atoms with Crippen LogP contribution in [-0.2, 0) is 9.59 Å². The van der Waals surface area contributed by atoms with E-state index in [4.69, 9.17) is 9.47 Å². The molecule has 0 N–H and O–H groups in total. The second-order valence-electron chi connectivity index (χ2n) is 7.85.